The van der Waals surface area contributed by atoms with Gasteiger partial charge in [0, 0.05) is 31.1 Å². The van der Waals surface area contributed by atoms with Crippen LogP contribution >= 0.6 is 0 Å². The van der Waals surface area contributed by atoms with Gasteiger partial charge in [0.25, 0.3) is 0 Å². The van der Waals surface area contributed by atoms with Crippen LogP contribution in [0.1, 0.15) is 78.6 Å². The van der Waals surface area contributed by atoms with E-state index in [1.54, 1.807) is 0 Å². The highest BCUT2D eigenvalue weighted by molar-refractivity contribution is 5.88. The third-order valence-corrected chi connectivity index (χ3v) is 8.79. The van der Waals surface area contributed by atoms with Crippen molar-refractivity contribution in [1.82, 2.24) is 0 Å². The van der Waals surface area contributed by atoms with E-state index in [-0.39, 0.29) is 28.8 Å². The van der Waals surface area contributed by atoms with Crippen LogP contribution in [0.25, 0.3) is 0 Å². The van der Waals surface area contributed by atoms with Crippen LogP contribution in [0.15, 0.2) is 0 Å². The maximum Gasteiger partial charge on any atom is 0.302 e. The van der Waals surface area contributed by atoms with Crippen LogP contribution in [0.2, 0.25) is 0 Å². The Morgan fingerprint density at radius 2 is 1.81 bits per heavy atom. The van der Waals surface area contributed by atoms with Crippen molar-refractivity contribution in [2.24, 2.45) is 34.5 Å². The van der Waals surface area contributed by atoms with Crippen LogP contribution < -0.4 is 0 Å². The molecule has 0 radical (unpaired) electrons. The van der Waals surface area contributed by atoms with Gasteiger partial charge >= 0.3 is 5.97 Å². The quantitative estimate of drug-likeness (QED) is 0.661. The Morgan fingerprint density at radius 1 is 1.04 bits per heavy atom. The lowest BCUT2D eigenvalue weighted by atomic mass is 9.44. The van der Waals surface area contributed by atoms with Gasteiger partial charge in [-0.05, 0) is 68.1 Å². The second kappa shape index (κ2) is 6.17. The minimum Gasteiger partial charge on any atom is -0.463 e. The number of esters is 1. The highest BCUT2D eigenvalue weighted by Crippen LogP contribution is 2.65. The van der Waals surface area contributed by atoms with Gasteiger partial charge in [0.2, 0.25) is 0 Å². The van der Waals surface area contributed by atoms with Crippen LogP contribution in [-0.4, -0.2) is 23.6 Å². The van der Waals surface area contributed by atoms with Crippen molar-refractivity contribution in [1.29, 1.82) is 0 Å². The third-order valence-electron chi connectivity index (χ3n) is 8.79. The molecular formula is C22H32O4. The molecule has 0 aromatic carbocycles. The molecule has 7 atom stereocenters. The summed E-state index contributed by atoms with van der Waals surface area (Å²) in [6, 6.07) is 0. The number of Topliss-reactive ketones (excluding diaryl/α,β-unsaturated/α-hetero) is 2. The van der Waals surface area contributed by atoms with Crippen molar-refractivity contribution in [3.05, 3.63) is 0 Å². The first-order valence-corrected chi connectivity index (χ1v) is 10.5. The molecule has 0 spiro atoms. The standard InChI is InChI=1S/C22H32O4/c1-13(23)26-17-8-9-21(2)16(11-17)12-20(25)22(3)15-5-6-18(24)14(10-15)4-7-19(21)22/h14-17,19H,4-12H2,1-3H3/t14-,15-,16-,17+,19-,21+,22+/m1/s1. The number of hydrogen-bond donors (Lipinski definition) is 0. The van der Waals surface area contributed by atoms with Gasteiger partial charge in [0.15, 0.2) is 0 Å². The van der Waals surface area contributed by atoms with Gasteiger partial charge in [-0.1, -0.05) is 13.8 Å². The van der Waals surface area contributed by atoms with E-state index in [2.05, 4.69) is 13.8 Å². The zero-order valence-corrected chi connectivity index (χ0v) is 16.4. The van der Waals surface area contributed by atoms with E-state index in [9.17, 15) is 14.4 Å². The Kier molecular flexibility index (Phi) is 4.32. The zero-order valence-electron chi connectivity index (χ0n) is 16.4. The summed E-state index contributed by atoms with van der Waals surface area (Å²) in [5.41, 5.74) is -0.144. The molecule has 4 heteroatoms. The number of fused-ring (bicyclic) bond motifs is 6. The van der Waals surface area contributed by atoms with E-state index in [1.165, 1.54) is 6.92 Å². The Labute approximate surface area is 156 Å². The molecule has 4 fully saturated rings. The highest BCUT2D eigenvalue weighted by Gasteiger charge is 2.62. The normalized spacial score (nSPS) is 48.2. The average Bonchev–Trinajstić information content (AvgIpc) is 2.70. The highest BCUT2D eigenvalue weighted by atomic mass is 16.5. The Bertz CT molecular complexity index is 640. The van der Waals surface area contributed by atoms with Gasteiger partial charge in [0.05, 0.1) is 0 Å². The minimum absolute atomic E-state index is 0.0330. The first-order chi connectivity index (χ1) is 12.2. The summed E-state index contributed by atoms with van der Waals surface area (Å²) in [4.78, 5) is 37.1. The fourth-order valence-electron chi connectivity index (χ4n) is 7.27. The van der Waals surface area contributed by atoms with E-state index in [0.717, 1.165) is 44.9 Å². The lowest BCUT2D eigenvalue weighted by Gasteiger charge is -2.59. The Morgan fingerprint density at radius 3 is 2.54 bits per heavy atom. The molecule has 0 heterocycles. The van der Waals surface area contributed by atoms with Crippen LogP contribution in [0.3, 0.4) is 0 Å². The summed E-state index contributed by atoms with van der Waals surface area (Å²) >= 11 is 0. The first kappa shape index (κ1) is 18.2. The fourth-order valence-corrected chi connectivity index (χ4v) is 7.27. The molecule has 0 aromatic rings. The van der Waals surface area contributed by atoms with Gasteiger partial charge in [-0.15, -0.1) is 0 Å². The molecule has 0 unspecified atom stereocenters. The van der Waals surface area contributed by atoms with Crippen molar-refractivity contribution in [2.75, 3.05) is 0 Å². The topological polar surface area (TPSA) is 60.4 Å². The number of carbonyl (C=O) groups is 3. The van der Waals surface area contributed by atoms with Crippen LogP contribution in [-0.2, 0) is 19.1 Å². The van der Waals surface area contributed by atoms with E-state index in [0.29, 0.717) is 42.2 Å². The van der Waals surface area contributed by atoms with E-state index >= 15 is 0 Å². The summed E-state index contributed by atoms with van der Waals surface area (Å²) in [7, 11) is 0. The molecule has 0 N–H and O–H groups in total. The van der Waals surface area contributed by atoms with Crippen molar-refractivity contribution in [2.45, 2.75) is 84.7 Å². The second-order valence-corrected chi connectivity index (χ2v) is 9.88. The molecule has 0 saturated heterocycles. The maximum atomic E-state index is 13.4. The number of hydrogen-bond acceptors (Lipinski definition) is 4. The third kappa shape index (κ3) is 2.58. The molecule has 4 rings (SSSR count). The predicted molar refractivity (Wildman–Crippen MR) is 97.3 cm³/mol. The fraction of sp³-hybridized carbons (Fsp3) is 0.864. The number of carbonyl (C=O) groups excluding carboxylic acids is 3. The van der Waals surface area contributed by atoms with Gasteiger partial charge in [-0.3, -0.25) is 14.4 Å². The van der Waals surface area contributed by atoms with Gasteiger partial charge in [-0.2, -0.15) is 0 Å². The molecule has 4 saturated carbocycles. The summed E-state index contributed by atoms with van der Waals surface area (Å²) in [6.07, 6.45) is 7.78. The largest absolute Gasteiger partial charge is 0.463 e. The molecule has 4 nitrogen and oxygen atoms in total. The van der Waals surface area contributed by atoms with E-state index in [1.807, 2.05) is 0 Å². The number of ether oxygens (including phenoxy) is 1. The monoisotopic (exact) mass is 360 g/mol. The molecule has 4 aliphatic carbocycles. The summed E-state index contributed by atoms with van der Waals surface area (Å²) in [5, 5.41) is 0. The second-order valence-electron chi connectivity index (χ2n) is 9.88. The molecule has 4 aliphatic rings. The van der Waals surface area contributed by atoms with Gasteiger partial charge < -0.3 is 4.74 Å². The molecule has 0 amide bonds. The SMILES string of the molecule is CC(=O)O[C@H]1CC[C@@]2(C)[C@@H](CC(=O)[C@@]3(C)[C@@H]4CCC(=O)[C@H](CC[C@H]23)C4)C1. The number of rotatable bonds is 1. The molecule has 26 heavy (non-hydrogen) atoms. The van der Waals surface area contributed by atoms with E-state index in [4.69, 9.17) is 4.74 Å². The minimum atomic E-state index is -0.269. The van der Waals surface area contributed by atoms with Crippen molar-refractivity contribution in [3.8, 4) is 0 Å². The summed E-state index contributed by atoms with van der Waals surface area (Å²) in [6.45, 7) is 6.08. The van der Waals surface area contributed by atoms with Crippen LogP contribution in [0.4, 0.5) is 0 Å². The lowest BCUT2D eigenvalue weighted by Crippen LogP contribution is -2.58. The Hall–Kier alpha value is -1.19. The number of ketones is 2. The van der Waals surface area contributed by atoms with E-state index < -0.39 is 0 Å². The average molecular weight is 360 g/mol. The van der Waals surface area contributed by atoms with Crippen LogP contribution in [0, 0.1) is 34.5 Å². The summed E-state index contributed by atoms with van der Waals surface area (Å²) in [5.74, 6) is 1.84. The smallest absolute Gasteiger partial charge is 0.302 e. The summed E-state index contributed by atoms with van der Waals surface area (Å²) < 4.78 is 5.49. The molecular weight excluding hydrogens is 328 g/mol. The zero-order chi connectivity index (χ0) is 18.7. The Balaban J connectivity index is 1.66. The van der Waals surface area contributed by atoms with Gasteiger partial charge in [0.1, 0.15) is 17.7 Å². The van der Waals surface area contributed by atoms with Crippen LogP contribution in [0.5, 0.6) is 0 Å². The first-order valence-electron chi connectivity index (χ1n) is 10.5. The molecule has 2 bridgehead atoms. The molecule has 0 aromatic heterocycles. The van der Waals surface area contributed by atoms with Gasteiger partial charge in [-0.25, -0.2) is 0 Å². The predicted octanol–water partition coefficient (Wildman–Crippen LogP) is 4.10. The maximum absolute atomic E-state index is 13.4. The molecule has 0 aliphatic heterocycles. The molecule has 144 valence electrons. The van der Waals surface area contributed by atoms with Crippen molar-refractivity contribution in [3.63, 3.8) is 0 Å². The van der Waals surface area contributed by atoms with Crippen molar-refractivity contribution < 1.29 is 19.1 Å². The van der Waals surface area contributed by atoms with Crippen molar-refractivity contribution >= 4 is 17.5 Å². The lowest BCUT2D eigenvalue weighted by molar-refractivity contribution is -0.170.